The van der Waals surface area contributed by atoms with Gasteiger partial charge >= 0.3 is 0 Å². The molecule has 1 unspecified atom stereocenters. The summed E-state index contributed by atoms with van der Waals surface area (Å²) < 4.78 is 0. The summed E-state index contributed by atoms with van der Waals surface area (Å²) >= 11 is 7.16. The minimum absolute atomic E-state index is 0.301. The van der Waals surface area contributed by atoms with Crippen molar-refractivity contribution in [2.75, 3.05) is 25.0 Å². The van der Waals surface area contributed by atoms with Crippen LogP contribution in [0.3, 0.4) is 0 Å². The van der Waals surface area contributed by atoms with Gasteiger partial charge in [-0.25, -0.2) is 4.98 Å². The molecule has 0 radical (unpaired) electrons. The molecule has 2 rings (SSSR count). The molecule has 1 fully saturated rings. The van der Waals surface area contributed by atoms with E-state index in [9.17, 15) is 0 Å². The molecule has 1 N–H and O–H groups in total. The molecule has 0 amide bonds. The molecule has 0 bridgehead atoms. The van der Waals surface area contributed by atoms with Crippen LogP contribution in [0.4, 0.5) is 5.13 Å². The summed E-state index contributed by atoms with van der Waals surface area (Å²) in [5.41, 5.74) is 0. The molecule has 1 atom stereocenters. The molecule has 98 valence electrons. The average Bonchev–Trinajstić information content (AvgIpc) is 2.70. The summed E-state index contributed by atoms with van der Waals surface area (Å²) in [6.45, 7) is 5.53. The zero-order chi connectivity index (χ0) is 13.0. The number of hydrogen-bond donors (Lipinski definition) is 1. The van der Waals surface area contributed by atoms with Gasteiger partial charge in [0.25, 0.3) is 0 Å². The van der Waals surface area contributed by atoms with Crippen molar-refractivity contribution in [2.24, 2.45) is 0 Å². The lowest BCUT2D eigenvalue weighted by atomic mass is 10.1. The molecule has 0 aliphatic carbocycles. The number of aromatic nitrogens is 1. The van der Waals surface area contributed by atoms with Crippen molar-refractivity contribution < 1.29 is 0 Å². The van der Waals surface area contributed by atoms with Gasteiger partial charge < -0.3 is 10.2 Å². The van der Waals surface area contributed by atoms with Crippen LogP contribution in [0.2, 0.25) is 5.15 Å². The minimum Gasteiger partial charge on any atom is -0.358 e. The van der Waals surface area contributed by atoms with Gasteiger partial charge in [0, 0.05) is 12.6 Å². The Bertz CT molecular complexity index is 434. The standard InChI is InChI=1S/C12H17ClN4S/c1-9(8-17-5-3-2-4-6-17)15-12-16-11(13)10(7-14)18-12/h9H,2-6,8H2,1H3,(H,15,16). The van der Waals surface area contributed by atoms with E-state index < -0.39 is 0 Å². The molecule has 1 aliphatic heterocycles. The highest BCUT2D eigenvalue weighted by molar-refractivity contribution is 7.16. The fourth-order valence-corrected chi connectivity index (χ4v) is 3.28. The maximum atomic E-state index is 8.83. The molecular weight excluding hydrogens is 268 g/mol. The van der Waals surface area contributed by atoms with Crippen LogP contribution >= 0.6 is 22.9 Å². The van der Waals surface area contributed by atoms with E-state index in [1.807, 2.05) is 6.07 Å². The summed E-state index contributed by atoms with van der Waals surface area (Å²) in [4.78, 5) is 7.10. The highest BCUT2D eigenvalue weighted by Crippen LogP contribution is 2.26. The lowest BCUT2D eigenvalue weighted by molar-refractivity contribution is 0.223. The first-order valence-electron chi connectivity index (χ1n) is 6.24. The van der Waals surface area contributed by atoms with Gasteiger partial charge in [0.05, 0.1) is 0 Å². The zero-order valence-corrected chi connectivity index (χ0v) is 12.0. The van der Waals surface area contributed by atoms with E-state index >= 15 is 0 Å². The maximum Gasteiger partial charge on any atom is 0.185 e. The first-order valence-corrected chi connectivity index (χ1v) is 7.44. The Kier molecular flexibility index (Phi) is 4.81. The number of hydrogen-bond acceptors (Lipinski definition) is 5. The van der Waals surface area contributed by atoms with Gasteiger partial charge in [0.2, 0.25) is 0 Å². The van der Waals surface area contributed by atoms with Crippen LogP contribution in [0.15, 0.2) is 0 Å². The van der Waals surface area contributed by atoms with Crippen molar-refractivity contribution in [3.05, 3.63) is 10.0 Å². The molecule has 0 aromatic carbocycles. The van der Waals surface area contributed by atoms with Gasteiger partial charge in [0.1, 0.15) is 10.9 Å². The molecule has 1 saturated heterocycles. The van der Waals surface area contributed by atoms with Crippen LogP contribution in [0.1, 0.15) is 31.1 Å². The number of nitriles is 1. The number of likely N-dealkylation sites (tertiary alicyclic amines) is 1. The van der Waals surface area contributed by atoms with Crippen LogP contribution in [-0.2, 0) is 0 Å². The second-order valence-electron chi connectivity index (χ2n) is 4.66. The quantitative estimate of drug-likeness (QED) is 0.924. The predicted octanol–water partition coefficient (Wildman–Crippen LogP) is 2.95. The van der Waals surface area contributed by atoms with Crippen LogP contribution < -0.4 is 5.32 Å². The maximum absolute atomic E-state index is 8.83. The highest BCUT2D eigenvalue weighted by Gasteiger charge is 2.15. The van der Waals surface area contributed by atoms with Crippen LogP contribution in [0, 0.1) is 11.3 Å². The lowest BCUT2D eigenvalue weighted by Gasteiger charge is -2.29. The fourth-order valence-electron chi connectivity index (χ4n) is 2.22. The van der Waals surface area contributed by atoms with Gasteiger partial charge in [-0.2, -0.15) is 5.26 Å². The third kappa shape index (κ3) is 3.58. The van der Waals surface area contributed by atoms with Gasteiger partial charge in [-0.15, -0.1) is 0 Å². The number of rotatable bonds is 4. The van der Waals surface area contributed by atoms with Crippen LogP contribution in [0.5, 0.6) is 0 Å². The molecule has 0 saturated carbocycles. The van der Waals surface area contributed by atoms with Gasteiger partial charge in [-0.1, -0.05) is 29.4 Å². The van der Waals surface area contributed by atoms with Crippen molar-refractivity contribution in [1.29, 1.82) is 5.26 Å². The normalized spacial score (nSPS) is 18.3. The van der Waals surface area contributed by atoms with E-state index in [2.05, 4.69) is 22.1 Å². The average molecular weight is 285 g/mol. The van der Waals surface area contributed by atoms with E-state index in [1.54, 1.807) is 0 Å². The van der Waals surface area contributed by atoms with Crippen LogP contribution in [0.25, 0.3) is 0 Å². The Morgan fingerprint density at radius 1 is 1.50 bits per heavy atom. The summed E-state index contributed by atoms with van der Waals surface area (Å²) in [6, 6.07) is 2.36. The summed E-state index contributed by atoms with van der Waals surface area (Å²) in [6.07, 6.45) is 3.95. The molecule has 1 aliphatic rings. The lowest BCUT2D eigenvalue weighted by Crippen LogP contribution is -2.38. The molecule has 0 spiro atoms. The third-order valence-corrected chi connectivity index (χ3v) is 4.31. The summed E-state index contributed by atoms with van der Waals surface area (Å²) in [7, 11) is 0. The predicted molar refractivity (Wildman–Crippen MR) is 75.2 cm³/mol. The number of thiazole rings is 1. The Morgan fingerprint density at radius 2 is 2.22 bits per heavy atom. The Morgan fingerprint density at radius 3 is 2.83 bits per heavy atom. The largest absolute Gasteiger partial charge is 0.358 e. The molecular formula is C12H17ClN4S. The van der Waals surface area contributed by atoms with Crippen molar-refractivity contribution in [3.8, 4) is 6.07 Å². The van der Waals surface area contributed by atoms with Crippen molar-refractivity contribution in [3.63, 3.8) is 0 Å². The Balaban J connectivity index is 1.86. The molecule has 6 heteroatoms. The van der Waals surface area contributed by atoms with E-state index in [0.29, 0.717) is 16.1 Å². The smallest absolute Gasteiger partial charge is 0.185 e. The molecule has 1 aromatic heterocycles. The topological polar surface area (TPSA) is 52.0 Å². The number of nitrogens with one attached hydrogen (secondary N) is 1. The highest BCUT2D eigenvalue weighted by atomic mass is 35.5. The summed E-state index contributed by atoms with van der Waals surface area (Å²) in [5, 5.41) is 13.2. The Hall–Kier alpha value is -0.830. The van der Waals surface area contributed by atoms with Crippen LogP contribution in [-0.4, -0.2) is 35.6 Å². The van der Waals surface area contributed by atoms with E-state index in [-0.39, 0.29) is 0 Å². The number of halogens is 1. The fraction of sp³-hybridized carbons (Fsp3) is 0.667. The van der Waals surface area contributed by atoms with E-state index in [0.717, 1.165) is 11.7 Å². The first kappa shape index (κ1) is 13.6. The monoisotopic (exact) mass is 284 g/mol. The summed E-state index contributed by atoms with van der Waals surface area (Å²) in [5.74, 6) is 0. The van der Waals surface area contributed by atoms with E-state index in [4.69, 9.17) is 16.9 Å². The van der Waals surface area contributed by atoms with Crippen molar-refractivity contribution in [1.82, 2.24) is 9.88 Å². The zero-order valence-electron chi connectivity index (χ0n) is 10.4. The minimum atomic E-state index is 0.301. The molecule has 4 nitrogen and oxygen atoms in total. The van der Waals surface area contributed by atoms with E-state index in [1.165, 1.54) is 43.7 Å². The van der Waals surface area contributed by atoms with Gasteiger partial charge in [-0.05, 0) is 32.9 Å². The number of nitrogens with zero attached hydrogens (tertiary/aromatic N) is 3. The molecule has 1 aromatic rings. The number of anilines is 1. The second kappa shape index (κ2) is 6.37. The van der Waals surface area contributed by atoms with Crippen molar-refractivity contribution in [2.45, 2.75) is 32.2 Å². The van der Waals surface area contributed by atoms with Gasteiger partial charge in [-0.3, -0.25) is 0 Å². The Labute approximate surface area is 117 Å². The molecule has 2 heterocycles. The SMILES string of the molecule is CC(CN1CCCCC1)Nc1nc(Cl)c(C#N)s1. The van der Waals surface area contributed by atoms with Crippen molar-refractivity contribution >= 4 is 28.1 Å². The first-order chi connectivity index (χ1) is 8.69. The second-order valence-corrected chi connectivity index (χ2v) is 6.01. The van der Waals surface area contributed by atoms with Gasteiger partial charge in [0.15, 0.2) is 10.3 Å². The third-order valence-electron chi connectivity index (χ3n) is 3.04. The molecule has 18 heavy (non-hydrogen) atoms. The number of piperidine rings is 1.